The molecule has 3 N–H and O–H groups in total. The lowest BCUT2D eigenvalue weighted by molar-refractivity contribution is 0.615. The molecule has 21 heavy (non-hydrogen) atoms. The summed E-state index contributed by atoms with van der Waals surface area (Å²) in [5.41, 5.74) is 4.21. The maximum atomic E-state index is 5.80. The molecule has 0 heterocycles. The molecule has 3 heteroatoms. The monoisotopic (exact) mass is 294 g/mol. The van der Waals surface area contributed by atoms with E-state index >= 15 is 0 Å². The third-order valence-corrected chi connectivity index (χ3v) is 4.67. The number of rotatable bonds is 5. The van der Waals surface area contributed by atoms with E-state index in [4.69, 9.17) is 5.84 Å². The number of thioether (sulfide) groups is 1. The highest BCUT2D eigenvalue weighted by atomic mass is 32.2. The van der Waals surface area contributed by atoms with Crippen LogP contribution < -0.4 is 11.3 Å². The minimum Gasteiger partial charge on any atom is -0.271 e. The normalized spacial score (nSPS) is 12.4. The number of nitrogens with one attached hydrogen (secondary N) is 1. The lowest BCUT2D eigenvalue weighted by Crippen LogP contribution is -2.29. The van der Waals surface area contributed by atoms with Crippen LogP contribution in [0.4, 0.5) is 0 Å². The number of fused-ring (bicyclic) bond motifs is 1. The smallest absolute Gasteiger partial charge is 0.0559 e. The van der Waals surface area contributed by atoms with E-state index in [1.165, 1.54) is 21.2 Å². The third-order valence-electron chi connectivity index (χ3n) is 3.56. The zero-order valence-corrected chi connectivity index (χ0v) is 12.5. The van der Waals surface area contributed by atoms with Crippen molar-refractivity contribution in [2.45, 2.75) is 10.9 Å². The molecule has 0 amide bonds. The molecule has 3 rings (SSSR count). The van der Waals surface area contributed by atoms with Crippen molar-refractivity contribution in [1.82, 2.24) is 5.43 Å². The summed E-state index contributed by atoms with van der Waals surface area (Å²) in [5.74, 6) is 6.69. The van der Waals surface area contributed by atoms with E-state index in [2.05, 4.69) is 72.2 Å². The largest absolute Gasteiger partial charge is 0.271 e. The summed E-state index contributed by atoms with van der Waals surface area (Å²) in [4.78, 5) is 1.26. The predicted octanol–water partition coefficient (Wildman–Crippen LogP) is 4.14. The van der Waals surface area contributed by atoms with Gasteiger partial charge in [0.25, 0.3) is 0 Å². The van der Waals surface area contributed by atoms with Gasteiger partial charge in [-0.1, -0.05) is 60.7 Å². The van der Waals surface area contributed by atoms with E-state index in [-0.39, 0.29) is 6.04 Å². The SMILES string of the molecule is NNC(CSc1ccccc1)c1cccc2ccccc12. The zero-order chi connectivity index (χ0) is 14.5. The fourth-order valence-electron chi connectivity index (χ4n) is 2.48. The van der Waals surface area contributed by atoms with Crippen LogP contribution in [0.25, 0.3) is 10.8 Å². The molecule has 1 unspecified atom stereocenters. The van der Waals surface area contributed by atoms with Crippen molar-refractivity contribution in [3.05, 3.63) is 78.4 Å². The zero-order valence-electron chi connectivity index (χ0n) is 11.7. The van der Waals surface area contributed by atoms with E-state index in [9.17, 15) is 0 Å². The molecule has 0 aliphatic carbocycles. The Morgan fingerprint density at radius 3 is 2.38 bits per heavy atom. The average molecular weight is 294 g/mol. The first-order valence-electron chi connectivity index (χ1n) is 7.00. The van der Waals surface area contributed by atoms with Crippen molar-refractivity contribution in [2.24, 2.45) is 5.84 Å². The fraction of sp³-hybridized carbons (Fsp3) is 0.111. The Labute approximate surface area is 129 Å². The molecule has 106 valence electrons. The van der Waals surface area contributed by atoms with Crippen LogP contribution in [0.2, 0.25) is 0 Å². The molecule has 0 fully saturated rings. The van der Waals surface area contributed by atoms with Gasteiger partial charge in [-0.25, -0.2) is 0 Å². The van der Waals surface area contributed by atoms with Crippen molar-refractivity contribution < 1.29 is 0 Å². The van der Waals surface area contributed by atoms with Gasteiger partial charge < -0.3 is 0 Å². The van der Waals surface area contributed by atoms with Gasteiger partial charge in [0.1, 0.15) is 0 Å². The van der Waals surface area contributed by atoms with E-state index in [0.29, 0.717) is 0 Å². The summed E-state index contributed by atoms with van der Waals surface area (Å²) in [7, 11) is 0. The summed E-state index contributed by atoms with van der Waals surface area (Å²) in [5, 5.41) is 2.51. The summed E-state index contributed by atoms with van der Waals surface area (Å²) >= 11 is 1.81. The Kier molecular flexibility index (Phi) is 4.55. The molecule has 3 aromatic carbocycles. The van der Waals surface area contributed by atoms with Gasteiger partial charge in [-0.05, 0) is 28.5 Å². The molecule has 0 aliphatic rings. The summed E-state index contributed by atoms with van der Waals surface area (Å²) in [6, 6.07) is 25.3. The van der Waals surface area contributed by atoms with E-state index in [1.807, 2.05) is 17.8 Å². The lowest BCUT2D eigenvalue weighted by atomic mass is 10.00. The standard InChI is InChI=1S/C18H18N2S/c19-20-18(13-21-15-9-2-1-3-10-15)17-12-6-8-14-7-4-5-11-16(14)17/h1-12,18,20H,13,19H2. The van der Waals surface area contributed by atoms with Crippen molar-refractivity contribution in [1.29, 1.82) is 0 Å². The van der Waals surface area contributed by atoms with Crippen molar-refractivity contribution in [3.63, 3.8) is 0 Å². The van der Waals surface area contributed by atoms with E-state index in [0.717, 1.165) is 5.75 Å². The first-order valence-corrected chi connectivity index (χ1v) is 7.98. The quantitative estimate of drug-likeness (QED) is 0.422. The molecule has 3 aromatic rings. The average Bonchev–Trinajstić information content (AvgIpc) is 2.56. The first kappa shape index (κ1) is 14.1. The van der Waals surface area contributed by atoms with E-state index < -0.39 is 0 Å². The summed E-state index contributed by atoms with van der Waals surface area (Å²) in [6.07, 6.45) is 0. The van der Waals surface area contributed by atoms with Crippen LogP contribution in [0.5, 0.6) is 0 Å². The lowest BCUT2D eigenvalue weighted by Gasteiger charge is -2.18. The molecule has 1 atom stereocenters. The molecule has 0 aromatic heterocycles. The molecule has 0 saturated carbocycles. The van der Waals surface area contributed by atoms with Crippen molar-refractivity contribution in [3.8, 4) is 0 Å². The number of hydrogen-bond acceptors (Lipinski definition) is 3. The molecule has 0 saturated heterocycles. The number of hydrogen-bond donors (Lipinski definition) is 2. The van der Waals surface area contributed by atoms with Gasteiger partial charge in [-0.3, -0.25) is 11.3 Å². The van der Waals surface area contributed by atoms with Gasteiger partial charge in [-0.2, -0.15) is 0 Å². The molecule has 0 spiro atoms. The highest BCUT2D eigenvalue weighted by Crippen LogP contribution is 2.28. The second kappa shape index (κ2) is 6.76. The van der Waals surface area contributed by atoms with Gasteiger partial charge >= 0.3 is 0 Å². The Morgan fingerprint density at radius 1 is 0.857 bits per heavy atom. The Bertz CT molecular complexity index is 707. The number of benzene rings is 3. The van der Waals surface area contributed by atoms with Gasteiger partial charge in [0.2, 0.25) is 0 Å². The third kappa shape index (κ3) is 3.27. The van der Waals surface area contributed by atoms with Crippen LogP contribution in [0.1, 0.15) is 11.6 Å². The maximum Gasteiger partial charge on any atom is 0.0559 e. The molecular weight excluding hydrogens is 276 g/mol. The Hall–Kier alpha value is -1.81. The van der Waals surface area contributed by atoms with Gasteiger partial charge in [-0.15, -0.1) is 11.8 Å². The highest BCUT2D eigenvalue weighted by molar-refractivity contribution is 7.99. The molecule has 2 nitrogen and oxygen atoms in total. The Morgan fingerprint density at radius 2 is 1.57 bits per heavy atom. The summed E-state index contributed by atoms with van der Waals surface area (Å²) < 4.78 is 0. The van der Waals surface area contributed by atoms with E-state index in [1.54, 1.807) is 0 Å². The molecule has 0 aliphatic heterocycles. The minimum absolute atomic E-state index is 0.126. The highest BCUT2D eigenvalue weighted by Gasteiger charge is 2.13. The fourth-order valence-corrected chi connectivity index (χ4v) is 3.46. The van der Waals surface area contributed by atoms with Gasteiger partial charge in [0.05, 0.1) is 6.04 Å². The van der Waals surface area contributed by atoms with Crippen LogP contribution in [-0.2, 0) is 0 Å². The summed E-state index contributed by atoms with van der Waals surface area (Å²) in [6.45, 7) is 0. The molecular formula is C18H18N2S. The Balaban J connectivity index is 1.85. The van der Waals surface area contributed by atoms with Crippen LogP contribution >= 0.6 is 11.8 Å². The van der Waals surface area contributed by atoms with Crippen LogP contribution in [0, 0.1) is 0 Å². The first-order chi connectivity index (χ1) is 10.4. The predicted molar refractivity (Wildman–Crippen MR) is 91.2 cm³/mol. The van der Waals surface area contributed by atoms with Crippen molar-refractivity contribution in [2.75, 3.05) is 5.75 Å². The topological polar surface area (TPSA) is 38.0 Å². The van der Waals surface area contributed by atoms with Gasteiger partial charge in [0, 0.05) is 10.6 Å². The van der Waals surface area contributed by atoms with Gasteiger partial charge in [0.15, 0.2) is 0 Å². The number of nitrogens with two attached hydrogens (primary N) is 1. The number of hydrazine groups is 1. The maximum absolute atomic E-state index is 5.80. The second-order valence-corrected chi connectivity index (χ2v) is 6.01. The second-order valence-electron chi connectivity index (χ2n) is 4.91. The van der Waals surface area contributed by atoms with Crippen LogP contribution in [0.3, 0.4) is 0 Å². The van der Waals surface area contributed by atoms with Crippen LogP contribution in [0.15, 0.2) is 77.7 Å². The van der Waals surface area contributed by atoms with Crippen molar-refractivity contribution >= 4 is 22.5 Å². The minimum atomic E-state index is 0.126. The van der Waals surface area contributed by atoms with Crippen LogP contribution in [-0.4, -0.2) is 5.75 Å². The molecule has 0 radical (unpaired) electrons. The molecule has 0 bridgehead atoms.